The first-order valence-electron chi connectivity index (χ1n) is 6.82. The third-order valence-corrected chi connectivity index (χ3v) is 3.39. The number of aliphatic carboxylic acids is 1. The number of nitrogens with one attached hydrogen (secondary N) is 2. The second kappa shape index (κ2) is 6.72. The number of hydrogen-bond donors (Lipinski definition) is 4. The zero-order valence-corrected chi connectivity index (χ0v) is 11.4. The van der Waals surface area contributed by atoms with E-state index < -0.39 is 30.7 Å². The van der Waals surface area contributed by atoms with Crippen molar-refractivity contribution in [2.24, 2.45) is 0 Å². The largest absolute Gasteiger partial charge is 0.480 e. The second-order valence-electron chi connectivity index (χ2n) is 5.09. The van der Waals surface area contributed by atoms with Crippen LogP contribution in [0.15, 0.2) is 0 Å². The van der Waals surface area contributed by atoms with Crippen LogP contribution in [0, 0.1) is 0 Å². The molecule has 3 amide bonds. The highest BCUT2D eigenvalue weighted by Gasteiger charge is 2.36. The Morgan fingerprint density at radius 3 is 2.62 bits per heavy atom. The number of rotatable bonds is 5. The standard InChI is InChI=1S/C12H19N3O6/c16-5-8(11(18)19)14-12(20)15-3-4-21-6-9(15)10(17)13-7-1-2-7/h7-9,16H,1-6H2,(H,13,17)(H,14,20)(H,18,19). The maximum Gasteiger partial charge on any atom is 0.328 e. The molecular weight excluding hydrogens is 282 g/mol. The van der Waals surface area contributed by atoms with E-state index in [0.29, 0.717) is 0 Å². The summed E-state index contributed by atoms with van der Waals surface area (Å²) in [5.74, 6) is -1.64. The molecule has 2 unspecified atom stereocenters. The lowest BCUT2D eigenvalue weighted by molar-refractivity contribution is -0.140. The van der Waals surface area contributed by atoms with Crippen LogP contribution in [-0.2, 0) is 14.3 Å². The van der Waals surface area contributed by atoms with E-state index in [1.165, 1.54) is 4.90 Å². The van der Waals surface area contributed by atoms with Crippen molar-refractivity contribution in [3.63, 3.8) is 0 Å². The summed E-state index contributed by atoms with van der Waals surface area (Å²) in [4.78, 5) is 36.2. The van der Waals surface area contributed by atoms with E-state index in [4.69, 9.17) is 14.9 Å². The molecule has 2 atom stereocenters. The van der Waals surface area contributed by atoms with Crippen molar-refractivity contribution in [1.29, 1.82) is 0 Å². The van der Waals surface area contributed by atoms with Crippen molar-refractivity contribution < 1.29 is 29.3 Å². The van der Waals surface area contributed by atoms with E-state index in [9.17, 15) is 14.4 Å². The maximum atomic E-state index is 12.1. The minimum atomic E-state index is -1.40. The van der Waals surface area contributed by atoms with Crippen LogP contribution in [0.3, 0.4) is 0 Å². The number of nitrogens with zero attached hydrogens (tertiary/aromatic N) is 1. The van der Waals surface area contributed by atoms with Gasteiger partial charge in [0, 0.05) is 12.6 Å². The summed E-state index contributed by atoms with van der Waals surface area (Å²) in [5, 5.41) is 22.7. The van der Waals surface area contributed by atoms with Crippen LogP contribution < -0.4 is 10.6 Å². The van der Waals surface area contributed by atoms with Gasteiger partial charge in [-0.05, 0) is 12.8 Å². The number of hydrogen-bond acceptors (Lipinski definition) is 5. The van der Waals surface area contributed by atoms with Crippen molar-refractivity contribution in [1.82, 2.24) is 15.5 Å². The molecule has 1 heterocycles. The average molecular weight is 301 g/mol. The van der Waals surface area contributed by atoms with Gasteiger partial charge >= 0.3 is 12.0 Å². The highest BCUT2D eigenvalue weighted by Crippen LogP contribution is 2.19. The molecule has 2 aliphatic rings. The van der Waals surface area contributed by atoms with Crippen molar-refractivity contribution in [3.05, 3.63) is 0 Å². The Balaban J connectivity index is 1.97. The minimum absolute atomic E-state index is 0.0723. The van der Waals surface area contributed by atoms with Gasteiger partial charge in [0.2, 0.25) is 5.91 Å². The fourth-order valence-electron chi connectivity index (χ4n) is 2.01. The van der Waals surface area contributed by atoms with E-state index in [0.717, 1.165) is 12.8 Å². The zero-order chi connectivity index (χ0) is 15.4. The average Bonchev–Trinajstić information content (AvgIpc) is 3.28. The number of carbonyl (C=O) groups excluding carboxylic acids is 2. The normalized spacial score (nSPS) is 23.3. The number of aliphatic hydroxyl groups excluding tert-OH is 1. The van der Waals surface area contributed by atoms with Crippen LogP contribution in [-0.4, -0.2) is 77.5 Å². The smallest absolute Gasteiger partial charge is 0.328 e. The van der Waals surface area contributed by atoms with Gasteiger partial charge in [-0.15, -0.1) is 0 Å². The number of ether oxygens (including phenoxy) is 1. The third kappa shape index (κ3) is 4.05. The minimum Gasteiger partial charge on any atom is -0.480 e. The Morgan fingerprint density at radius 1 is 1.33 bits per heavy atom. The lowest BCUT2D eigenvalue weighted by Crippen LogP contribution is -2.60. The molecule has 9 heteroatoms. The van der Waals surface area contributed by atoms with Gasteiger partial charge in [0.1, 0.15) is 6.04 Å². The molecule has 9 nitrogen and oxygen atoms in total. The molecule has 1 saturated heterocycles. The molecule has 4 N–H and O–H groups in total. The quantitative estimate of drug-likeness (QED) is 0.470. The Bertz CT molecular complexity index is 425. The molecule has 1 saturated carbocycles. The van der Waals surface area contributed by atoms with Crippen molar-refractivity contribution >= 4 is 17.9 Å². The number of urea groups is 1. The van der Waals surface area contributed by atoms with E-state index in [-0.39, 0.29) is 31.7 Å². The summed E-state index contributed by atoms with van der Waals surface area (Å²) in [6.45, 7) is -0.183. The van der Waals surface area contributed by atoms with Gasteiger partial charge in [0.05, 0.1) is 19.8 Å². The van der Waals surface area contributed by atoms with Crippen LogP contribution in [0.2, 0.25) is 0 Å². The Hall–Kier alpha value is -1.87. The number of carbonyl (C=O) groups is 3. The van der Waals surface area contributed by atoms with Crippen LogP contribution in [0.5, 0.6) is 0 Å². The van der Waals surface area contributed by atoms with Crippen molar-refractivity contribution in [3.8, 4) is 0 Å². The molecule has 118 valence electrons. The van der Waals surface area contributed by atoms with Gasteiger partial charge in [-0.2, -0.15) is 0 Å². The summed E-state index contributed by atoms with van der Waals surface area (Å²) in [7, 11) is 0. The summed E-state index contributed by atoms with van der Waals surface area (Å²) >= 11 is 0. The fourth-order valence-corrected chi connectivity index (χ4v) is 2.01. The first-order chi connectivity index (χ1) is 10.0. The van der Waals surface area contributed by atoms with Gasteiger partial charge in [-0.25, -0.2) is 9.59 Å². The zero-order valence-electron chi connectivity index (χ0n) is 11.4. The van der Waals surface area contributed by atoms with Gasteiger partial charge in [-0.3, -0.25) is 4.79 Å². The molecule has 0 aromatic rings. The van der Waals surface area contributed by atoms with Crippen molar-refractivity contribution in [2.75, 3.05) is 26.4 Å². The molecule has 0 aromatic heterocycles. The van der Waals surface area contributed by atoms with Gasteiger partial charge in [0.25, 0.3) is 0 Å². The number of carboxylic acids is 1. The molecular formula is C12H19N3O6. The number of morpholine rings is 1. The molecule has 0 radical (unpaired) electrons. The molecule has 2 rings (SSSR count). The maximum absolute atomic E-state index is 12.1. The predicted molar refractivity (Wildman–Crippen MR) is 69.5 cm³/mol. The fraction of sp³-hybridized carbons (Fsp3) is 0.750. The SMILES string of the molecule is O=C(O)C(CO)NC(=O)N1CCOCC1C(=O)NC1CC1. The Labute approximate surface area is 121 Å². The molecule has 1 aliphatic heterocycles. The van der Waals surface area contributed by atoms with Gasteiger partial charge in [-0.1, -0.05) is 0 Å². The summed E-state index contributed by atoms with van der Waals surface area (Å²) in [6, 6.07) is -2.72. The first-order valence-corrected chi connectivity index (χ1v) is 6.82. The van der Waals surface area contributed by atoms with Crippen molar-refractivity contribution in [2.45, 2.75) is 31.0 Å². The third-order valence-electron chi connectivity index (χ3n) is 3.39. The van der Waals surface area contributed by atoms with Crippen LogP contribution in [0.1, 0.15) is 12.8 Å². The van der Waals surface area contributed by atoms with E-state index >= 15 is 0 Å². The van der Waals surface area contributed by atoms with E-state index in [1.807, 2.05) is 0 Å². The van der Waals surface area contributed by atoms with Gasteiger partial charge in [0.15, 0.2) is 6.04 Å². The lowest BCUT2D eigenvalue weighted by Gasteiger charge is -2.35. The molecule has 0 aromatic carbocycles. The number of amides is 3. The molecule has 0 spiro atoms. The van der Waals surface area contributed by atoms with Crippen LogP contribution in [0.25, 0.3) is 0 Å². The molecule has 0 bridgehead atoms. The molecule has 1 aliphatic carbocycles. The topological polar surface area (TPSA) is 128 Å². The summed E-state index contributed by atoms with van der Waals surface area (Å²) < 4.78 is 5.22. The molecule has 21 heavy (non-hydrogen) atoms. The lowest BCUT2D eigenvalue weighted by atomic mass is 10.2. The van der Waals surface area contributed by atoms with Gasteiger partial charge < -0.3 is 30.5 Å². The molecule has 2 fully saturated rings. The number of aliphatic hydroxyl groups is 1. The summed E-state index contributed by atoms with van der Waals surface area (Å²) in [5.41, 5.74) is 0. The highest BCUT2D eigenvalue weighted by atomic mass is 16.5. The second-order valence-corrected chi connectivity index (χ2v) is 5.09. The van der Waals surface area contributed by atoms with E-state index in [1.54, 1.807) is 0 Å². The highest BCUT2D eigenvalue weighted by molar-refractivity contribution is 5.89. The monoisotopic (exact) mass is 301 g/mol. The Kier molecular flexibility index (Phi) is 4.97. The predicted octanol–water partition coefficient (Wildman–Crippen LogP) is -1.88. The van der Waals surface area contributed by atoms with Crippen LogP contribution in [0.4, 0.5) is 4.79 Å². The first kappa shape index (κ1) is 15.5. The Morgan fingerprint density at radius 2 is 2.05 bits per heavy atom. The van der Waals surface area contributed by atoms with Crippen LogP contribution >= 0.6 is 0 Å². The summed E-state index contributed by atoms with van der Waals surface area (Å²) in [6.07, 6.45) is 1.86. The van der Waals surface area contributed by atoms with E-state index in [2.05, 4.69) is 10.6 Å². The number of carboxylic acid groups (broad SMARTS) is 1.